The van der Waals surface area contributed by atoms with Crippen LogP contribution >= 0.6 is 0 Å². The number of carbonyl (C=O) groups is 4. The smallest absolute Gasteiger partial charge is 0.328 e. The topological polar surface area (TPSA) is 121 Å². The Morgan fingerprint density at radius 1 is 1.28 bits per heavy atom. The molecule has 3 heterocycles. The summed E-state index contributed by atoms with van der Waals surface area (Å²) >= 11 is 0. The molecule has 0 unspecified atom stereocenters. The van der Waals surface area contributed by atoms with Gasteiger partial charge in [0.05, 0.1) is 7.11 Å². The summed E-state index contributed by atoms with van der Waals surface area (Å²) in [5.74, 6) is -1.45. The van der Waals surface area contributed by atoms with E-state index < -0.39 is 18.1 Å². The molecule has 0 spiro atoms. The zero-order valence-corrected chi connectivity index (χ0v) is 21.2. The van der Waals surface area contributed by atoms with E-state index in [9.17, 15) is 19.2 Å². The molecule has 1 saturated carbocycles. The lowest BCUT2D eigenvalue weighted by atomic mass is 9.96. The van der Waals surface area contributed by atoms with Crippen LogP contribution in [0.25, 0.3) is 10.9 Å². The van der Waals surface area contributed by atoms with Gasteiger partial charge >= 0.3 is 5.97 Å². The van der Waals surface area contributed by atoms with E-state index >= 15 is 0 Å². The van der Waals surface area contributed by atoms with Gasteiger partial charge in [0.1, 0.15) is 17.8 Å². The highest BCUT2D eigenvalue weighted by Crippen LogP contribution is 2.65. The van der Waals surface area contributed by atoms with Crippen LogP contribution in [0.15, 0.2) is 24.3 Å². The second kappa shape index (κ2) is 8.94. The second-order valence-electron chi connectivity index (χ2n) is 10.9. The predicted octanol–water partition coefficient (Wildman–Crippen LogP) is 2.01. The predicted molar refractivity (Wildman–Crippen MR) is 133 cm³/mol. The molecule has 9 heteroatoms. The fourth-order valence-electron chi connectivity index (χ4n) is 6.36. The van der Waals surface area contributed by atoms with Crippen molar-refractivity contribution in [2.75, 3.05) is 20.2 Å². The van der Waals surface area contributed by atoms with Gasteiger partial charge in [-0.05, 0) is 54.2 Å². The van der Waals surface area contributed by atoms with Crippen LogP contribution in [0.1, 0.15) is 49.7 Å². The Labute approximate surface area is 210 Å². The highest BCUT2D eigenvalue weighted by atomic mass is 16.5. The van der Waals surface area contributed by atoms with E-state index in [-0.39, 0.29) is 47.3 Å². The molecule has 3 N–H and O–H groups in total. The summed E-state index contributed by atoms with van der Waals surface area (Å²) in [6, 6.07) is 6.18. The van der Waals surface area contributed by atoms with Gasteiger partial charge in [-0.1, -0.05) is 32.9 Å². The monoisotopic (exact) mass is 494 g/mol. The van der Waals surface area contributed by atoms with Crippen LogP contribution in [0.4, 0.5) is 0 Å². The number of nitrogens with one attached hydrogen (secondary N) is 3. The fourth-order valence-corrected chi connectivity index (χ4v) is 6.36. The van der Waals surface area contributed by atoms with Gasteiger partial charge in [0, 0.05) is 29.9 Å². The summed E-state index contributed by atoms with van der Waals surface area (Å²) in [5.41, 5.74) is 2.43. The van der Waals surface area contributed by atoms with Gasteiger partial charge in [0.25, 0.3) is 5.91 Å². The first-order valence-electron chi connectivity index (χ1n) is 12.7. The minimum absolute atomic E-state index is 0.00473. The molecule has 1 aromatic heterocycles. The minimum Gasteiger partial charge on any atom is -0.467 e. The van der Waals surface area contributed by atoms with Crippen molar-refractivity contribution >= 4 is 34.6 Å². The van der Waals surface area contributed by atoms with Crippen LogP contribution in [0.2, 0.25) is 0 Å². The summed E-state index contributed by atoms with van der Waals surface area (Å²) in [5, 5.41) is 6.61. The minimum atomic E-state index is -0.950. The largest absolute Gasteiger partial charge is 0.467 e. The molecule has 1 aliphatic carbocycles. The zero-order valence-electron chi connectivity index (χ0n) is 21.2. The lowest BCUT2D eigenvalue weighted by molar-refractivity contribution is -0.146. The van der Waals surface area contributed by atoms with E-state index in [2.05, 4.69) is 36.4 Å². The summed E-state index contributed by atoms with van der Waals surface area (Å²) in [6.07, 6.45) is 1.63. The normalized spacial score (nSPS) is 26.9. The number of ether oxygens (including phenoxy) is 1. The van der Waals surface area contributed by atoms with Crippen LogP contribution < -0.4 is 10.6 Å². The van der Waals surface area contributed by atoms with Gasteiger partial charge in [-0.2, -0.15) is 0 Å². The Balaban J connectivity index is 1.39. The van der Waals surface area contributed by atoms with Crippen molar-refractivity contribution < 1.29 is 23.9 Å². The van der Waals surface area contributed by atoms with E-state index in [0.29, 0.717) is 25.2 Å². The zero-order chi connectivity index (χ0) is 25.8. The number of methoxy groups -OCH3 is 1. The number of esters is 1. The summed E-state index contributed by atoms with van der Waals surface area (Å²) in [6.45, 7) is 7.34. The van der Waals surface area contributed by atoms with E-state index in [1.54, 1.807) is 4.90 Å². The SMILES string of the molecule is CCc1cccc2[nH]c(C(=O)N3C[C@H]4[C@@H]([C@H]3C(=O)N[C@@H](C[C@@H]3CCNC3=O)C(=O)OC)C4(C)C)cc12. The number of likely N-dealkylation sites (tertiary alicyclic amines) is 1. The first-order valence-corrected chi connectivity index (χ1v) is 12.7. The number of piperidine rings is 1. The first kappa shape index (κ1) is 24.3. The van der Waals surface area contributed by atoms with Crippen LogP contribution in [0.3, 0.4) is 0 Å². The van der Waals surface area contributed by atoms with Gasteiger partial charge in [0.15, 0.2) is 0 Å². The van der Waals surface area contributed by atoms with Crippen molar-refractivity contribution in [3.8, 4) is 0 Å². The van der Waals surface area contributed by atoms with Crippen molar-refractivity contribution in [3.05, 3.63) is 35.5 Å². The van der Waals surface area contributed by atoms with Gasteiger partial charge in [-0.25, -0.2) is 4.79 Å². The maximum atomic E-state index is 13.7. The number of nitrogens with zero attached hydrogens (tertiary/aromatic N) is 1. The third kappa shape index (κ3) is 3.94. The van der Waals surface area contributed by atoms with E-state index in [1.165, 1.54) is 7.11 Å². The molecule has 5 atom stereocenters. The molecule has 5 rings (SSSR count). The lowest BCUT2D eigenvalue weighted by Crippen LogP contribution is -2.54. The van der Waals surface area contributed by atoms with Gasteiger partial charge in [0.2, 0.25) is 11.8 Å². The summed E-state index contributed by atoms with van der Waals surface area (Å²) < 4.78 is 4.93. The number of rotatable bonds is 7. The lowest BCUT2D eigenvalue weighted by Gasteiger charge is -2.31. The third-order valence-corrected chi connectivity index (χ3v) is 8.59. The van der Waals surface area contributed by atoms with E-state index in [0.717, 1.165) is 22.9 Å². The number of H-pyrrole nitrogens is 1. The molecule has 3 amide bonds. The van der Waals surface area contributed by atoms with Crippen molar-refractivity contribution in [1.82, 2.24) is 20.5 Å². The Morgan fingerprint density at radius 3 is 2.72 bits per heavy atom. The maximum absolute atomic E-state index is 13.7. The van der Waals surface area contributed by atoms with Crippen molar-refractivity contribution in [2.24, 2.45) is 23.2 Å². The molecular weight excluding hydrogens is 460 g/mol. The average molecular weight is 495 g/mol. The molecule has 1 aromatic carbocycles. The number of aryl methyl sites for hydroxylation is 1. The Hall–Kier alpha value is -3.36. The van der Waals surface area contributed by atoms with Crippen LogP contribution in [0.5, 0.6) is 0 Å². The van der Waals surface area contributed by atoms with Crippen molar-refractivity contribution in [1.29, 1.82) is 0 Å². The number of aromatic amines is 1. The van der Waals surface area contributed by atoms with Crippen LogP contribution in [-0.4, -0.2) is 65.9 Å². The molecule has 3 aliphatic rings. The number of hydrogen-bond acceptors (Lipinski definition) is 5. The van der Waals surface area contributed by atoms with E-state index in [4.69, 9.17) is 4.74 Å². The highest BCUT2D eigenvalue weighted by molar-refractivity contribution is 6.02. The summed E-state index contributed by atoms with van der Waals surface area (Å²) in [4.78, 5) is 56.8. The molecule has 2 aliphatic heterocycles. The number of fused-ring (bicyclic) bond motifs is 2. The molecular formula is C27H34N4O5. The van der Waals surface area contributed by atoms with Gasteiger partial charge in [-0.15, -0.1) is 0 Å². The number of hydrogen-bond donors (Lipinski definition) is 3. The van der Waals surface area contributed by atoms with E-state index in [1.807, 2.05) is 24.3 Å². The quantitative estimate of drug-likeness (QED) is 0.509. The molecule has 2 aromatic rings. The number of benzene rings is 1. The molecule has 36 heavy (non-hydrogen) atoms. The Kier molecular flexibility index (Phi) is 6.04. The summed E-state index contributed by atoms with van der Waals surface area (Å²) in [7, 11) is 1.27. The Bertz CT molecular complexity index is 1230. The van der Waals surface area contributed by atoms with Crippen molar-refractivity contribution in [3.63, 3.8) is 0 Å². The first-order chi connectivity index (χ1) is 17.2. The van der Waals surface area contributed by atoms with Crippen LogP contribution in [0, 0.1) is 23.2 Å². The second-order valence-corrected chi connectivity index (χ2v) is 10.9. The third-order valence-electron chi connectivity index (χ3n) is 8.59. The standard InChI is InChI=1S/C27H34N4O5/c1-5-14-7-6-8-18-16(14)12-19(29-18)25(34)31-13-17-21(27(17,2)3)22(31)24(33)30-20(26(35)36-4)11-15-9-10-28-23(15)32/h6-8,12,15,17,20-22,29H,5,9-11,13H2,1-4H3,(H,28,32)(H,30,33)/t15-,17-,20-,21-,22-/m0/s1. The number of aromatic nitrogens is 1. The maximum Gasteiger partial charge on any atom is 0.328 e. The van der Waals surface area contributed by atoms with Crippen molar-refractivity contribution in [2.45, 2.75) is 52.1 Å². The molecule has 0 bridgehead atoms. The molecule has 2 saturated heterocycles. The molecule has 9 nitrogen and oxygen atoms in total. The molecule has 3 fully saturated rings. The van der Waals surface area contributed by atoms with Gasteiger partial charge in [-0.3, -0.25) is 14.4 Å². The highest BCUT2D eigenvalue weighted by Gasteiger charge is 2.69. The van der Waals surface area contributed by atoms with Crippen LogP contribution in [-0.2, 0) is 25.5 Å². The number of carbonyl (C=O) groups excluding carboxylic acids is 4. The van der Waals surface area contributed by atoms with Gasteiger partial charge < -0.3 is 25.3 Å². The number of amides is 3. The fraction of sp³-hybridized carbons (Fsp3) is 0.556. The molecule has 192 valence electrons. The molecule has 0 radical (unpaired) electrons. The Morgan fingerprint density at radius 2 is 2.06 bits per heavy atom. The average Bonchev–Trinajstić information content (AvgIpc) is 3.38.